The highest BCUT2D eigenvalue weighted by Gasteiger charge is 2.25. The summed E-state index contributed by atoms with van der Waals surface area (Å²) >= 11 is 0. The minimum atomic E-state index is -3.64. The van der Waals surface area contributed by atoms with Gasteiger partial charge in [0, 0.05) is 6.04 Å². The van der Waals surface area contributed by atoms with Crippen molar-refractivity contribution in [2.75, 3.05) is 6.61 Å². The summed E-state index contributed by atoms with van der Waals surface area (Å²) in [6.07, 6.45) is 0. The van der Waals surface area contributed by atoms with E-state index in [0.717, 1.165) is 5.56 Å². The Kier molecular flexibility index (Phi) is 5.58. The molecular formula is C16H27NO3S. The van der Waals surface area contributed by atoms with Crippen LogP contribution in [0, 0.1) is 12.8 Å². The molecule has 0 aliphatic heterocycles. The van der Waals surface area contributed by atoms with Crippen LogP contribution in [0.15, 0.2) is 23.1 Å². The van der Waals surface area contributed by atoms with Gasteiger partial charge in [-0.05, 0) is 35.4 Å². The lowest BCUT2D eigenvalue weighted by Crippen LogP contribution is -2.41. The molecule has 0 saturated carbocycles. The Hall–Kier alpha value is -0.910. The smallest absolute Gasteiger partial charge is 0.241 e. The Morgan fingerprint density at radius 2 is 1.81 bits per heavy atom. The van der Waals surface area contributed by atoms with Crippen molar-refractivity contribution in [3.8, 4) is 0 Å². The molecule has 21 heavy (non-hydrogen) atoms. The predicted molar refractivity (Wildman–Crippen MR) is 85.9 cm³/mol. The van der Waals surface area contributed by atoms with E-state index in [1.54, 1.807) is 13.0 Å². The first-order valence-corrected chi connectivity index (χ1v) is 8.71. The van der Waals surface area contributed by atoms with Gasteiger partial charge in [-0.2, -0.15) is 0 Å². The third kappa shape index (κ3) is 4.53. The number of hydrogen-bond acceptors (Lipinski definition) is 3. The van der Waals surface area contributed by atoms with E-state index in [2.05, 4.69) is 4.72 Å². The van der Waals surface area contributed by atoms with Gasteiger partial charge in [-0.25, -0.2) is 13.1 Å². The molecule has 2 N–H and O–H groups in total. The topological polar surface area (TPSA) is 66.4 Å². The Morgan fingerprint density at radius 1 is 1.24 bits per heavy atom. The fraction of sp³-hybridized carbons (Fsp3) is 0.625. The van der Waals surface area contributed by atoms with Crippen LogP contribution >= 0.6 is 0 Å². The first-order valence-electron chi connectivity index (χ1n) is 7.23. The van der Waals surface area contributed by atoms with Gasteiger partial charge < -0.3 is 5.11 Å². The number of sulfonamides is 1. The molecule has 0 aliphatic rings. The van der Waals surface area contributed by atoms with Gasteiger partial charge in [-0.1, -0.05) is 46.8 Å². The van der Waals surface area contributed by atoms with Gasteiger partial charge in [0.2, 0.25) is 10.0 Å². The van der Waals surface area contributed by atoms with Crippen LogP contribution < -0.4 is 4.72 Å². The minimum absolute atomic E-state index is 0.0240. The number of benzene rings is 1. The molecule has 0 bridgehead atoms. The first kappa shape index (κ1) is 18.1. The minimum Gasteiger partial charge on any atom is -0.395 e. The molecule has 0 radical (unpaired) electrons. The Balaban J connectivity index is 3.25. The molecule has 0 aliphatic carbocycles. The average molecular weight is 313 g/mol. The molecule has 1 atom stereocenters. The number of hydrogen-bond donors (Lipinski definition) is 2. The maximum absolute atomic E-state index is 12.6. The van der Waals surface area contributed by atoms with Gasteiger partial charge >= 0.3 is 0 Å². The van der Waals surface area contributed by atoms with Crippen LogP contribution in [0.1, 0.15) is 45.7 Å². The van der Waals surface area contributed by atoms with E-state index in [-0.39, 0.29) is 22.8 Å². The van der Waals surface area contributed by atoms with E-state index in [0.29, 0.717) is 5.56 Å². The third-order valence-corrected chi connectivity index (χ3v) is 5.28. The van der Waals surface area contributed by atoms with Crippen molar-refractivity contribution >= 4 is 10.0 Å². The highest BCUT2D eigenvalue weighted by Crippen LogP contribution is 2.26. The van der Waals surface area contributed by atoms with Crippen molar-refractivity contribution in [3.63, 3.8) is 0 Å². The number of aliphatic hydroxyl groups is 1. The van der Waals surface area contributed by atoms with Crippen LogP contribution in [0.2, 0.25) is 0 Å². The second-order valence-corrected chi connectivity index (χ2v) is 8.57. The van der Waals surface area contributed by atoms with Crippen molar-refractivity contribution in [1.29, 1.82) is 0 Å². The Labute approximate surface area is 128 Å². The highest BCUT2D eigenvalue weighted by molar-refractivity contribution is 7.89. The molecule has 5 heteroatoms. The Morgan fingerprint density at radius 3 is 2.24 bits per heavy atom. The number of rotatable bonds is 5. The molecule has 120 valence electrons. The zero-order valence-corrected chi connectivity index (χ0v) is 14.6. The number of aryl methyl sites for hydroxylation is 1. The molecule has 4 nitrogen and oxygen atoms in total. The molecule has 1 rings (SSSR count). The second kappa shape index (κ2) is 6.46. The monoisotopic (exact) mass is 313 g/mol. The van der Waals surface area contributed by atoms with Gasteiger partial charge in [0.15, 0.2) is 0 Å². The van der Waals surface area contributed by atoms with E-state index < -0.39 is 16.1 Å². The fourth-order valence-electron chi connectivity index (χ4n) is 2.00. The molecule has 0 heterocycles. The molecule has 1 unspecified atom stereocenters. The van der Waals surface area contributed by atoms with Crippen LogP contribution in [0.25, 0.3) is 0 Å². The fourth-order valence-corrected chi connectivity index (χ4v) is 3.65. The van der Waals surface area contributed by atoms with Gasteiger partial charge in [0.1, 0.15) is 0 Å². The first-order chi connectivity index (χ1) is 9.49. The third-order valence-electron chi connectivity index (χ3n) is 3.65. The molecular weight excluding hydrogens is 286 g/mol. The zero-order chi connectivity index (χ0) is 16.4. The summed E-state index contributed by atoms with van der Waals surface area (Å²) < 4.78 is 27.8. The van der Waals surface area contributed by atoms with E-state index in [9.17, 15) is 13.5 Å². The largest absolute Gasteiger partial charge is 0.395 e. The van der Waals surface area contributed by atoms with E-state index in [4.69, 9.17) is 0 Å². The summed E-state index contributed by atoms with van der Waals surface area (Å²) in [4.78, 5) is 0.286. The van der Waals surface area contributed by atoms with Gasteiger partial charge in [0.05, 0.1) is 11.5 Å². The predicted octanol–water partition coefficient (Wildman–Crippen LogP) is 2.59. The lowest BCUT2D eigenvalue weighted by Gasteiger charge is -2.23. The standard InChI is InChI=1S/C16H27NO3S/c1-11(2)14(10-18)17-21(19,20)15-9-13(16(4,5)6)8-7-12(15)3/h7-9,11,14,17-18H,10H2,1-6H3. The van der Waals surface area contributed by atoms with E-state index in [1.165, 1.54) is 0 Å². The van der Waals surface area contributed by atoms with Crippen LogP contribution in [0.4, 0.5) is 0 Å². The summed E-state index contributed by atoms with van der Waals surface area (Å²) in [6, 6.07) is 5.04. The SMILES string of the molecule is Cc1ccc(C(C)(C)C)cc1S(=O)(=O)NC(CO)C(C)C. The molecule has 0 spiro atoms. The van der Waals surface area contributed by atoms with Crippen LogP contribution in [-0.4, -0.2) is 26.2 Å². The van der Waals surface area contributed by atoms with E-state index >= 15 is 0 Å². The summed E-state index contributed by atoms with van der Waals surface area (Å²) in [5, 5.41) is 9.33. The van der Waals surface area contributed by atoms with Crippen molar-refractivity contribution in [2.24, 2.45) is 5.92 Å². The highest BCUT2D eigenvalue weighted by atomic mass is 32.2. The van der Waals surface area contributed by atoms with Crippen molar-refractivity contribution in [1.82, 2.24) is 4.72 Å². The van der Waals surface area contributed by atoms with Gasteiger partial charge in [0.25, 0.3) is 0 Å². The average Bonchev–Trinajstić information content (AvgIpc) is 2.34. The maximum Gasteiger partial charge on any atom is 0.241 e. The number of aliphatic hydroxyl groups excluding tert-OH is 1. The van der Waals surface area contributed by atoms with Crippen molar-refractivity contribution < 1.29 is 13.5 Å². The van der Waals surface area contributed by atoms with Crippen LogP contribution in [-0.2, 0) is 15.4 Å². The summed E-state index contributed by atoms with van der Waals surface area (Å²) in [6.45, 7) is 11.5. The quantitative estimate of drug-likeness (QED) is 0.878. The van der Waals surface area contributed by atoms with Crippen molar-refractivity contribution in [2.45, 2.75) is 57.9 Å². The summed E-state index contributed by atoms with van der Waals surface area (Å²) in [5.41, 5.74) is 1.56. The lowest BCUT2D eigenvalue weighted by molar-refractivity contribution is 0.227. The summed E-state index contributed by atoms with van der Waals surface area (Å²) in [5.74, 6) is 0.0240. The molecule has 0 saturated heterocycles. The number of nitrogens with one attached hydrogen (secondary N) is 1. The van der Waals surface area contributed by atoms with Gasteiger partial charge in [-0.15, -0.1) is 0 Å². The van der Waals surface area contributed by atoms with E-state index in [1.807, 2.05) is 46.8 Å². The van der Waals surface area contributed by atoms with Crippen LogP contribution in [0.5, 0.6) is 0 Å². The second-order valence-electron chi connectivity index (χ2n) is 6.88. The van der Waals surface area contributed by atoms with Crippen molar-refractivity contribution in [3.05, 3.63) is 29.3 Å². The molecule has 0 aromatic heterocycles. The molecule has 0 fully saturated rings. The molecule has 1 aromatic rings. The molecule has 0 amide bonds. The normalized spacial score (nSPS) is 14.5. The lowest BCUT2D eigenvalue weighted by atomic mass is 9.87. The van der Waals surface area contributed by atoms with Crippen LogP contribution in [0.3, 0.4) is 0 Å². The maximum atomic E-state index is 12.6. The molecule has 1 aromatic carbocycles. The summed E-state index contributed by atoms with van der Waals surface area (Å²) in [7, 11) is -3.64. The van der Waals surface area contributed by atoms with Gasteiger partial charge in [-0.3, -0.25) is 0 Å². The Bertz CT molecular complexity index is 586. The zero-order valence-electron chi connectivity index (χ0n) is 13.8.